The van der Waals surface area contributed by atoms with Crippen LogP contribution in [0.4, 0.5) is 4.39 Å². The van der Waals surface area contributed by atoms with E-state index in [0.717, 1.165) is 33.7 Å². The summed E-state index contributed by atoms with van der Waals surface area (Å²) in [4.78, 5) is 14.4. The van der Waals surface area contributed by atoms with Gasteiger partial charge in [-0.25, -0.2) is 4.39 Å². The molecule has 3 heterocycles. The number of piperidine rings is 1. The van der Waals surface area contributed by atoms with Crippen LogP contribution in [0.5, 0.6) is 0 Å². The fourth-order valence-corrected chi connectivity index (χ4v) is 4.89. The molecule has 2 bridgehead atoms. The summed E-state index contributed by atoms with van der Waals surface area (Å²) in [5, 5.41) is 6.80. The number of thiophene rings is 1. The molecule has 2 aliphatic heterocycles. The second-order valence-corrected chi connectivity index (χ2v) is 8.12. The minimum absolute atomic E-state index is 0.0164. The molecule has 1 aromatic carbocycles. The number of halogens is 1. The Morgan fingerprint density at radius 1 is 1.21 bits per heavy atom. The summed E-state index contributed by atoms with van der Waals surface area (Å²) in [5.41, 5.74) is 1.96. The Morgan fingerprint density at radius 3 is 2.54 bits per heavy atom. The molecule has 2 atom stereocenters. The minimum Gasteiger partial charge on any atom is -0.348 e. The van der Waals surface area contributed by atoms with Crippen LogP contribution in [0.1, 0.15) is 40.2 Å². The van der Waals surface area contributed by atoms with E-state index in [9.17, 15) is 9.18 Å². The summed E-state index contributed by atoms with van der Waals surface area (Å²) < 4.78 is 13.1. The van der Waals surface area contributed by atoms with Gasteiger partial charge in [0.1, 0.15) is 5.82 Å². The molecule has 5 heteroatoms. The van der Waals surface area contributed by atoms with E-state index in [-0.39, 0.29) is 17.8 Å². The van der Waals surface area contributed by atoms with Gasteiger partial charge in [-0.05, 0) is 61.9 Å². The van der Waals surface area contributed by atoms with Crippen LogP contribution in [0.15, 0.2) is 30.3 Å². The van der Waals surface area contributed by atoms with E-state index in [1.54, 1.807) is 12.1 Å². The van der Waals surface area contributed by atoms with Crippen LogP contribution < -0.4 is 10.6 Å². The Bertz CT molecular complexity index is 743. The first-order chi connectivity index (χ1) is 11.6. The molecule has 0 radical (unpaired) electrons. The molecule has 2 aromatic rings. The maximum Gasteiger partial charge on any atom is 0.261 e. The summed E-state index contributed by atoms with van der Waals surface area (Å²) in [7, 11) is 0. The van der Waals surface area contributed by atoms with Crippen molar-refractivity contribution in [1.29, 1.82) is 0 Å². The maximum atomic E-state index is 13.1. The standard InChI is InChI=1S/C19H21FN2OS/c1-11-17(12-2-4-13(20)5-3-12)10-18(24-11)19(23)22-16-8-14-6-7-15(9-16)21-14/h2-5,10,14-16,21H,6-9H2,1H3,(H,22,23). The highest BCUT2D eigenvalue weighted by molar-refractivity contribution is 7.14. The van der Waals surface area contributed by atoms with Crippen LogP contribution in [0.25, 0.3) is 11.1 Å². The van der Waals surface area contributed by atoms with Gasteiger partial charge in [0.15, 0.2) is 0 Å². The number of amides is 1. The summed E-state index contributed by atoms with van der Waals surface area (Å²) >= 11 is 1.51. The third kappa shape index (κ3) is 3.10. The first kappa shape index (κ1) is 15.8. The van der Waals surface area contributed by atoms with E-state index >= 15 is 0 Å². The lowest BCUT2D eigenvalue weighted by Gasteiger charge is -2.29. The molecule has 0 spiro atoms. The summed E-state index contributed by atoms with van der Waals surface area (Å²) in [5.74, 6) is -0.229. The van der Waals surface area contributed by atoms with E-state index in [2.05, 4.69) is 10.6 Å². The number of carbonyl (C=O) groups excluding carboxylic acids is 1. The van der Waals surface area contributed by atoms with E-state index in [4.69, 9.17) is 0 Å². The van der Waals surface area contributed by atoms with Crippen LogP contribution >= 0.6 is 11.3 Å². The van der Waals surface area contributed by atoms with Gasteiger partial charge in [0.25, 0.3) is 5.91 Å². The van der Waals surface area contributed by atoms with Crippen molar-refractivity contribution in [1.82, 2.24) is 10.6 Å². The van der Waals surface area contributed by atoms with Crippen molar-refractivity contribution >= 4 is 17.2 Å². The second-order valence-electron chi connectivity index (χ2n) is 6.87. The average Bonchev–Trinajstić information content (AvgIpc) is 3.11. The summed E-state index contributed by atoms with van der Waals surface area (Å²) in [6.45, 7) is 2.00. The lowest BCUT2D eigenvalue weighted by molar-refractivity contribution is 0.0928. The zero-order valence-electron chi connectivity index (χ0n) is 13.6. The number of aryl methyl sites for hydroxylation is 1. The van der Waals surface area contributed by atoms with Gasteiger partial charge >= 0.3 is 0 Å². The first-order valence-electron chi connectivity index (χ1n) is 8.52. The van der Waals surface area contributed by atoms with Gasteiger partial charge in [-0.3, -0.25) is 4.79 Å². The molecule has 0 saturated carbocycles. The first-order valence-corrected chi connectivity index (χ1v) is 9.33. The predicted molar refractivity (Wildman–Crippen MR) is 94.9 cm³/mol. The Labute approximate surface area is 145 Å². The third-order valence-corrected chi connectivity index (χ3v) is 6.15. The number of carbonyl (C=O) groups is 1. The highest BCUT2D eigenvalue weighted by atomic mass is 32.1. The zero-order chi connectivity index (χ0) is 16.7. The van der Waals surface area contributed by atoms with Crippen molar-refractivity contribution in [3.63, 3.8) is 0 Å². The molecule has 0 aliphatic carbocycles. The Hall–Kier alpha value is -1.72. The Morgan fingerprint density at radius 2 is 1.88 bits per heavy atom. The smallest absolute Gasteiger partial charge is 0.261 e. The Balaban J connectivity index is 1.49. The molecule has 24 heavy (non-hydrogen) atoms. The quantitative estimate of drug-likeness (QED) is 0.887. The number of hydrogen-bond donors (Lipinski definition) is 2. The molecule has 2 unspecified atom stereocenters. The SMILES string of the molecule is Cc1sc(C(=O)NC2CC3CCC(C2)N3)cc1-c1ccc(F)cc1. The summed E-state index contributed by atoms with van der Waals surface area (Å²) in [6.07, 6.45) is 4.50. The third-order valence-electron chi connectivity index (χ3n) is 5.11. The molecular weight excluding hydrogens is 323 g/mol. The average molecular weight is 344 g/mol. The maximum absolute atomic E-state index is 13.1. The van der Waals surface area contributed by atoms with Crippen LogP contribution in [0.2, 0.25) is 0 Å². The van der Waals surface area contributed by atoms with Crippen molar-refractivity contribution in [2.45, 2.75) is 50.7 Å². The van der Waals surface area contributed by atoms with Crippen LogP contribution in [-0.4, -0.2) is 24.0 Å². The molecular formula is C19H21FN2OS. The molecule has 4 rings (SSSR count). The normalized spacial score (nSPS) is 25.7. The van der Waals surface area contributed by atoms with E-state index in [0.29, 0.717) is 12.1 Å². The summed E-state index contributed by atoms with van der Waals surface area (Å²) in [6, 6.07) is 9.76. The van der Waals surface area contributed by atoms with Crippen molar-refractivity contribution in [3.8, 4) is 11.1 Å². The molecule has 2 saturated heterocycles. The van der Waals surface area contributed by atoms with Gasteiger partial charge in [0, 0.05) is 23.0 Å². The lowest BCUT2D eigenvalue weighted by atomic mass is 10.00. The van der Waals surface area contributed by atoms with Crippen molar-refractivity contribution in [2.75, 3.05) is 0 Å². The lowest BCUT2D eigenvalue weighted by Crippen LogP contribution is -2.47. The highest BCUT2D eigenvalue weighted by Crippen LogP contribution is 2.32. The largest absolute Gasteiger partial charge is 0.348 e. The minimum atomic E-state index is -0.245. The predicted octanol–water partition coefficient (Wildman–Crippen LogP) is 3.88. The highest BCUT2D eigenvalue weighted by Gasteiger charge is 2.34. The fourth-order valence-electron chi connectivity index (χ4n) is 3.94. The van der Waals surface area contributed by atoms with Crippen LogP contribution in [0.3, 0.4) is 0 Å². The van der Waals surface area contributed by atoms with E-state index in [1.807, 2.05) is 13.0 Å². The Kier molecular flexibility index (Phi) is 4.14. The molecule has 3 nitrogen and oxygen atoms in total. The number of hydrogen-bond acceptors (Lipinski definition) is 3. The molecule has 126 valence electrons. The molecule has 2 aliphatic rings. The van der Waals surface area contributed by atoms with Gasteiger partial charge in [-0.1, -0.05) is 12.1 Å². The molecule has 2 fully saturated rings. The van der Waals surface area contributed by atoms with E-state index < -0.39 is 0 Å². The fraction of sp³-hybridized carbons (Fsp3) is 0.421. The van der Waals surface area contributed by atoms with Gasteiger partial charge in [-0.2, -0.15) is 0 Å². The van der Waals surface area contributed by atoms with Gasteiger partial charge < -0.3 is 10.6 Å². The topological polar surface area (TPSA) is 41.1 Å². The monoisotopic (exact) mass is 344 g/mol. The van der Waals surface area contributed by atoms with Crippen molar-refractivity contribution < 1.29 is 9.18 Å². The molecule has 1 amide bonds. The number of benzene rings is 1. The van der Waals surface area contributed by atoms with Gasteiger partial charge in [0.2, 0.25) is 0 Å². The van der Waals surface area contributed by atoms with Gasteiger partial charge in [-0.15, -0.1) is 11.3 Å². The number of nitrogens with one attached hydrogen (secondary N) is 2. The zero-order valence-corrected chi connectivity index (χ0v) is 14.5. The molecule has 1 aromatic heterocycles. The van der Waals surface area contributed by atoms with Gasteiger partial charge in [0.05, 0.1) is 4.88 Å². The number of rotatable bonds is 3. The number of fused-ring (bicyclic) bond motifs is 2. The van der Waals surface area contributed by atoms with Crippen LogP contribution in [-0.2, 0) is 0 Å². The van der Waals surface area contributed by atoms with E-state index in [1.165, 1.54) is 36.3 Å². The molecule has 2 N–H and O–H groups in total. The van der Waals surface area contributed by atoms with Crippen molar-refractivity contribution in [2.24, 2.45) is 0 Å². The second kappa shape index (κ2) is 6.30. The van der Waals surface area contributed by atoms with Crippen molar-refractivity contribution in [3.05, 3.63) is 45.9 Å². The van der Waals surface area contributed by atoms with Crippen LogP contribution in [0, 0.1) is 12.7 Å².